The summed E-state index contributed by atoms with van der Waals surface area (Å²) in [6.45, 7) is 4.04. The van der Waals surface area contributed by atoms with Crippen molar-refractivity contribution in [3.63, 3.8) is 0 Å². The van der Waals surface area contributed by atoms with E-state index in [-0.39, 0.29) is 12.5 Å². The van der Waals surface area contributed by atoms with Gasteiger partial charge in [0.15, 0.2) is 0 Å². The van der Waals surface area contributed by atoms with Crippen LogP contribution in [0.15, 0.2) is 0 Å². The Bertz CT molecular complexity index is 193. The van der Waals surface area contributed by atoms with E-state index in [0.717, 1.165) is 0 Å². The lowest BCUT2D eigenvalue weighted by Crippen LogP contribution is -2.42. The van der Waals surface area contributed by atoms with E-state index in [1.807, 2.05) is 0 Å². The molecule has 0 aromatic rings. The van der Waals surface area contributed by atoms with E-state index < -0.39 is 12.0 Å². The molecule has 0 aromatic carbocycles. The molecule has 0 aliphatic heterocycles. The van der Waals surface area contributed by atoms with Crippen molar-refractivity contribution >= 4 is 11.9 Å². The first kappa shape index (κ1) is 12.9. The minimum absolute atomic E-state index is 0.0238. The minimum atomic E-state index is -0.576. The monoisotopic (exact) mass is 203 g/mol. The van der Waals surface area contributed by atoms with E-state index in [1.54, 1.807) is 13.8 Å². The van der Waals surface area contributed by atoms with Crippen LogP contribution in [0.4, 0.5) is 0 Å². The van der Waals surface area contributed by atoms with Crippen molar-refractivity contribution in [1.29, 1.82) is 0 Å². The zero-order valence-corrected chi connectivity index (χ0v) is 8.83. The first-order valence-corrected chi connectivity index (χ1v) is 4.60. The molecule has 14 heavy (non-hydrogen) atoms. The Hall–Kier alpha value is -1.10. The molecule has 0 unspecified atom stereocenters. The van der Waals surface area contributed by atoms with Gasteiger partial charge in [-0.2, -0.15) is 0 Å². The van der Waals surface area contributed by atoms with Crippen molar-refractivity contribution in [1.82, 2.24) is 5.32 Å². The molecule has 0 aromatic heterocycles. The van der Waals surface area contributed by atoms with E-state index in [2.05, 4.69) is 10.1 Å². The van der Waals surface area contributed by atoms with Gasteiger partial charge in [-0.1, -0.05) is 6.92 Å². The van der Waals surface area contributed by atoms with Crippen LogP contribution in [0.2, 0.25) is 0 Å². The third kappa shape index (κ3) is 4.81. The second kappa shape index (κ2) is 7.32. The number of carbonyl (C=O) groups excluding carboxylic acids is 2. The summed E-state index contributed by atoms with van der Waals surface area (Å²) >= 11 is 0. The highest BCUT2D eigenvalue weighted by molar-refractivity contribution is 5.84. The lowest BCUT2D eigenvalue weighted by Gasteiger charge is -2.13. The van der Waals surface area contributed by atoms with E-state index in [9.17, 15) is 9.59 Å². The van der Waals surface area contributed by atoms with Crippen LogP contribution in [0, 0.1) is 0 Å². The van der Waals surface area contributed by atoms with Crippen LogP contribution >= 0.6 is 0 Å². The van der Waals surface area contributed by atoms with Gasteiger partial charge in [0.25, 0.3) is 0 Å². The number of carbonyl (C=O) groups is 2. The third-order valence-corrected chi connectivity index (χ3v) is 1.67. The predicted molar refractivity (Wildman–Crippen MR) is 50.7 cm³/mol. The fraction of sp³-hybridized carbons (Fsp3) is 0.778. The SMILES string of the molecule is CCOCC(=O)N[C@@H](CC)C(=O)OC. The Balaban J connectivity index is 3.92. The largest absolute Gasteiger partial charge is 0.467 e. The molecule has 0 spiro atoms. The van der Waals surface area contributed by atoms with E-state index in [0.29, 0.717) is 13.0 Å². The summed E-state index contributed by atoms with van der Waals surface area (Å²) in [4.78, 5) is 22.2. The molecule has 0 aliphatic carbocycles. The normalized spacial score (nSPS) is 11.9. The fourth-order valence-electron chi connectivity index (χ4n) is 0.901. The van der Waals surface area contributed by atoms with Crippen molar-refractivity contribution in [2.45, 2.75) is 26.3 Å². The highest BCUT2D eigenvalue weighted by atomic mass is 16.5. The van der Waals surface area contributed by atoms with Crippen molar-refractivity contribution in [2.24, 2.45) is 0 Å². The Labute approximate surface area is 83.8 Å². The lowest BCUT2D eigenvalue weighted by atomic mass is 10.2. The van der Waals surface area contributed by atoms with E-state index >= 15 is 0 Å². The molecule has 5 nitrogen and oxygen atoms in total. The standard InChI is InChI=1S/C9H17NO4/c1-4-7(9(12)13-3)10-8(11)6-14-5-2/h7H,4-6H2,1-3H3,(H,10,11)/t7-/m0/s1. The van der Waals surface area contributed by atoms with E-state index in [1.165, 1.54) is 7.11 Å². The number of hydrogen-bond donors (Lipinski definition) is 1. The van der Waals surface area contributed by atoms with Crippen LogP contribution in [-0.2, 0) is 19.1 Å². The molecule has 1 atom stereocenters. The second-order valence-electron chi connectivity index (χ2n) is 2.69. The molecule has 0 aliphatic rings. The first-order chi connectivity index (χ1) is 6.65. The summed E-state index contributed by atoms with van der Waals surface area (Å²) in [7, 11) is 1.29. The van der Waals surface area contributed by atoms with Gasteiger partial charge in [-0.15, -0.1) is 0 Å². The maximum Gasteiger partial charge on any atom is 0.328 e. The molecular formula is C9H17NO4. The quantitative estimate of drug-likeness (QED) is 0.621. The molecule has 1 amide bonds. The summed E-state index contributed by atoms with van der Waals surface area (Å²) in [5.74, 6) is -0.735. The maximum atomic E-state index is 11.1. The summed E-state index contributed by atoms with van der Waals surface area (Å²) in [6, 6.07) is -0.576. The van der Waals surface area contributed by atoms with Gasteiger partial charge in [0.05, 0.1) is 7.11 Å². The molecule has 5 heteroatoms. The highest BCUT2D eigenvalue weighted by Crippen LogP contribution is 1.93. The van der Waals surface area contributed by atoms with Crippen molar-refractivity contribution in [2.75, 3.05) is 20.3 Å². The summed E-state index contributed by atoms with van der Waals surface area (Å²) in [6.07, 6.45) is 0.505. The molecule has 0 radical (unpaired) electrons. The lowest BCUT2D eigenvalue weighted by molar-refractivity contribution is -0.145. The minimum Gasteiger partial charge on any atom is -0.467 e. The van der Waals surface area contributed by atoms with Crippen LogP contribution in [0.5, 0.6) is 0 Å². The fourth-order valence-corrected chi connectivity index (χ4v) is 0.901. The Morgan fingerprint density at radius 3 is 2.43 bits per heavy atom. The predicted octanol–water partition coefficient (Wildman–Crippen LogP) is 0.0907. The third-order valence-electron chi connectivity index (χ3n) is 1.67. The number of nitrogens with one attached hydrogen (secondary N) is 1. The van der Waals surface area contributed by atoms with Crippen molar-refractivity contribution in [3.8, 4) is 0 Å². The molecule has 0 rings (SSSR count). The molecule has 0 saturated heterocycles. The molecule has 0 bridgehead atoms. The summed E-state index contributed by atoms with van der Waals surface area (Å²) in [5, 5.41) is 2.51. The molecule has 0 fully saturated rings. The van der Waals surface area contributed by atoms with Crippen LogP contribution in [0.1, 0.15) is 20.3 Å². The molecule has 0 saturated carbocycles. The Morgan fingerprint density at radius 1 is 1.36 bits per heavy atom. The number of rotatable bonds is 6. The molecule has 0 heterocycles. The number of amides is 1. The average Bonchev–Trinajstić information content (AvgIpc) is 2.21. The number of ether oxygens (including phenoxy) is 2. The Morgan fingerprint density at radius 2 is 2.00 bits per heavy atom. The molecule has 82 valence electrons. The van der Waals surface area contributed by atoms with Crippen LogP contribution < -0.4 is 5.32 Å². The first-order valence-electron chi connectivity index (χ1n) is 4.60. The number of hydrogen-bond acceptors (Lipinski definition) is 4. The van der Waals surface area contributed by atoms with Crippen LogP contribution in [0.3, 0.4) is 0 Å². The topological polar surface area (TPSA) is 64.6 Å². The highest BCUT2D eigenvalue weighted by Gasteiger charge is 2.18. The summed E-state index contributed by atoms with van der Waals surface area (Å²) < 4.78 is 9.40. The van der Waals surface area contributed by atoms with Gasteiger partial charge in [0.2, 0.25) is 5.91 Å². The molecule has 1 N–H and O–H groups in total. The van der Waals surface area contributed by atoms with Crippen molar-refractivity contribution in [3.05, 3.63) is 0 Å². The van der Waals surface area contributed by atoms with Crippen molar-refractivity contribution < 1.29 is 19.1 Å². The average molecular weight is 203 g/mol. The smallest absolute Gasteiger partial charge is 0.328 e. The van der Waals surface area contributed by atoms with Crippen LogP contribution in [0.25, 0.3) is 0 Å². The van der Waals surface area contributed by atoms with Gasteiger partial charge in [0.1, 0.15) is 12.6 Å². The summed E-state index contributed by atoms with van der Waals surface area (Å²) in [5.41, 5.74) is 0. The van der Waals surface area contributed by atoms with Crippen LogP contribution in [-0.4, -0.2) is 38.2 Å². The van der Waals surface area contributed by atoms with Gasteiger partial charge in [0, 0.05) is 6.61 Å². The number of methoxy groups -OCH3 is 1. The molecular weight excluding hydrogens is 186 g/mol. The second-order valence-corrected chi connectivity index (χ2v) is 2.69. The van der Waals surface area contributed by atoms with Gasteiger partial charge in [-0.25, -0.2) is 4.79 Å². The van der Waals surface area contributed by atoms with Gasteiger partial charge >= 0.3 is 5.97 Å². The zero-order chi connectivity index (χ0) is 11.0. The maximum absolute atomic E-state index is 11.1. The van der Waals surface area contributed by atoms with Gasteiger partial charge < -0.3 is 14.8 Å². The van der Waals surface area contributed by atoms with Gasteiger partial charge in [-0.05, 0) is 13.3 Å². The van der Waals surface area contributed by atoms with E-state index in [4.69, 9.17) is 4.74 Å². The van der Waals surface area contributed by atoms with Gasteiger partial charge in [-0.3, -0.25) is 4.79 Å². The zero-order valence-electron chi connectivity index (χ0n) is 8.83. The Kier molecular flexibility index (Phi) is 6.74. The number of esters is 1.